The van der Waals surface area contributed by atoms with Crippen LogP contribution in [0.15, 0.2) is 36.4 Å². The Bertz CT molecular complexity index is 1640. The van der Waals surface area contributed by atoms with Crippen molar-refractivity contribution in [3.8, 4) is 0 Å². The maximum absolute atomic E-state index is 14.3. The number of thiophene rings is 1. The smallest absolute Gasteiger partial charge is 0.391 e. The van der Waals surface area contributed by atoms with Crippen molar-refractivity contribution in [1.29, 1.82) is 0 Å². The van der Waals surface area contributed by atoms with E-state index in [2.05, 4.69) is 5.32 Å². The Kier molecular flexibility index (Phi) is 8.80. The molecule has 1 aromatic heterocycles. The van der Waals surface area contributed by atoms with Crippen LogP contribution < -0.4 is 5.32 Å². The monoisotopic (exact) mass is 682 g/mol. The summed E-state index contributed by atoms with van der Waals surface area (Å²) in [4.78, 5) is 76.4. The van der Waals surface area contributed by atoms with Gasteiger partial charge in [-0.25, -0.2) is 0 Å². The molecule has 4 atom stereocenters. The summed E-state index contributed by atoms with van der Waals surface area (Å²) in [5.41, 5.74) is -5.31. The van der Waals surface area contributed by atoms with E-state index in [0.717, 1.165) is 23.5 Å². The lowest BCUT2D eigenvalue weighted by Gasteiger charge is -2.43. The summed E-state index contributed by atoms with van der Waals surface area (Å²) in [5.74, 6) is -1.99. The van der Waals surface area contributed by atoms with E-state index in [-0.39, 0.29) is 53.9 Å². The zero-order valence-electron chi connectivity index (χ0n) is 24.5. The highest BCUT2D eigenvalue weighted by atomic mass is 32.1. The summed E-state index contributed by atoms with van der Waals surface area (Å²) >= 11 is 0.951. The van der Waals surface area contributed by atoms with Crippen molar-refractivity contribution in [3.63, 3.8) is 0 Å². The summed E-state index contributed by atoms with van der Waals surface area (Å²) in [6, 6.07) is 1.56. The highest BCUT2D eigenvalue weighted by Gasteiger charge is 2.52. The van der Waals surface area contributed by atoms with Gasteiger partial charge in [0.25, 0.3) is 5.91 Å². The van der Waals surface area contributed by atoms with E-state index in [1.54, 1.807) is 17.1 Å². The molecule has 17 heteroatoms. The van der Waals surface area contributed by atoms with Gasteiger partial charge in [-0.3, -0.25) is 23.7 Å². The van der Waals surface area contributed by atoms with Crippen molar-refractivity contribution < 1.29 is 52.2 Å². The van der Waals surface area contributed by atoms with Gasteiger partial charge in [0.05, 0.1) is 36.2 Å². The molecule has 0 spiro atoms. The predicted octanol–water partition coefficient (Wildman–Crippen LogP) is 1.22. The first-order valence-electron chi connectivity index (χ1n) is 14.8. The van der Waals surface area contributed by atoms with E-state index >= 15 is 0 Å². The number of fused-ring (bicyclic) bond motifs is 2. The molecule has 3 saturated heterocycles. The first-order chi connectivity index (χ1) is 21.8. The quantitative estimate of drug-likeness (QED) is 0.258. The number of likely N-dealkylation sites (tertiary alicyclic amines) is 1. The second-order valence-corrected chi connectivity index (χ2v) is 14.7. The average molecular weight is 683 g/mol. The van der Waals surface area contributed by atoms with Gasteiger partial charge in [-0.2, -0.15) is 8.78 Å². The van der Waals surface area contributed by atoms with Crippen LogP contribution in [0.25, 0.3) is 10.1 Å². The number of carbonyl (C=O) groups excluding carboxylic acids is 4. The molecule has 4 N–H and O–H groups in total. The van der Waals surface area contributed by atoms with E-state index < -0.39 is 54.9 Å². The molecular formula is C29H33F2N4O9PS. The standard InChI is InChI=1S/C29H33F2N4O9PS/c30-29(31,45(41,42)43)18-5-6-23-16(11-18)12-24(46-23)25(37)32-19-3-1-2-4-20-22(36)13-21(35(20)27(19)39)28(40)34-14-17(15-34)26(38)33-7-9-44-10-8-33/h1-2,5-6,11-12,17,19-22,36H,3-4,7-10,13-15H2,(H,32,37)(H2,41,42,43)/b2-1-/t19-,20+,21-,22+/m0/s1. The third-order valence-electron chi connectivity index (χ3n) is 8.98. The number of alkyl halides is 2. The van der Waals surface area contributed by atoms with Crippen LogP contribution in [0.2, 0.25) is 0 Å². The number of amides is 4. The molecule has 5 heterocycles. The number of morpholine rings is 1. The van der Waals surface area contributed by atoms with E-state index in [0.29, 0.717) is 37.4 Å². The second kappa shape index (κ2) is 12.4. The van der Waals surface area contributed by atoms with Gasteiger partial charge in [0.1, 0.15) is 12.1 Å². The normalized spacial score (nSPS) is 26.7. The first kappa shape index (κ1) is 32.7. The Balaban J connectivity index is 1.16. The first-order valence-corrected chi connectivity index (χ1v) is 17.3. The van der Waals surface area contributed by atoms with E-state index in [9.17, 15) is 37.6 Å². The molecule has 0 radical (unpaired) electrons. The molecule has 2 aromatic rings. The number of nitrogens with one attached hydrogen (secondary N) is 1. The van der Waals surface area contributed by atoms with Gasteiger partial charge in [0.15, 0.2) is 0 Å². The molecule has 0 saturated carbocycles. The van der Waals surface area contributed by atoms with Gasteiger partial charge < -0.3 is 39.6 Å². The van der Waals surface area contributed by atoms with Gasteiger partial charge in [-0.15, -0.1) is 11.3 Å². The minimum Gasteiger partial charge on any atom is -0.391 e. The highest BCUT2D eigenvalue weighted by Crippen LogP contribution is 2.59. The molecule has 248 valence electrons. The summed E-state index contributed by atoms with van der Waals surface area (Å²) in [6.45, 7) is 2.35. The number of halogens is 2. The lowest BCUT2D eigenvalue weighted by Crippen LogP contribution is -2.62. The molecule has 4 amide bonds. The Hall–Kier alpha value is -3.27. The van der Waals surface area contributed by atoms with Crippen molar-refractivity contribution >= 4 is 52.6 Å². The maximum Gasteiger partial charge on any atom is 0.399 e. The fourth-order valence-corrected chi connectivity index (χ4v) is 7.82. The van der Waals surface area contributed by atoms with Crippen LogP contribution in [0.4, 0.5) is 8.78 Å². The Morgan fingerprint density at radius 1 is 1.02 bits per heavy atom. The third-order valence-corrected chi connectivity index (χ3v) is 11.1. The Morgan fingerprint density at radius 2 is 1.72 bits per heavy atom. The summed E-state index contributed by atoms with van der Waals surface area (Å²) in [6.07, 6.45) is 2.94. The number of aliphatic hydroxyl groups excluding tert-OH is 1. The number of carbonyl (C=O) groups is 4. The van der Waals surface area contributed by atoms with Gasteiger partial charge in [-0.1, -0.05) is 18.2 Å². The van der Waals surface area contributed by atoms with Gasteiger partial charge in [0.2, 0.25) is 17.7 Å². The van der Waals surface area contributed by atoms with Crippen LogP contribution in [-0.2, 0) is 29.3 Å². The lowest BCUT2D eigenvalue weighted by atomic mass is 9.96. The lowest BCUT2D eigenvalue weighted by molar-refractivity contribution is -0.156. The average Bonchev–Trinajstić information content (AvgIpc) is 3.56. The number of nitrogens with zero attached hydrogens (tertiary/aromatic N) is 3. The van der Waals surface area contributed by atoms with Crippen LogP contribution in [0.5, 0.6) is 0 Å². The predicted molar refractivity (Wildman–Crippen MR) is 160 cm³/mol. The van der Waals surface area contributed by atoms with E-state index in [1.165, 1.54) is 21.9 Å². The maximum atomic E-state index is 14.3. The number of hydrogen-bond acceptors (Lipinski definition) is 8. The van der Waals surface area contributed by atoms with Gasteiger partial charge in [-0.05, 0) is 36.4 Å². The van der Waals surface area contributed by atoms with E-state index in [4.69, 9.17) is 14.5 Å². The van der Waals surface area contributed by atoms with Crippen molar-refractivity contribution in [2.45, 2.75) is 49.2 Å². The fraction of sp³-hybridized carbons (Fsp3) is 0.517. The molecule has 4 aliphatic heterocycles. The van der Waals surface area contributed by atoms with Crippen LogP contribution in [0.1, 0.15) is 34.5 Å². The molecule has 13 nitrogen and oxygen atoms in total. The van der Waals surface area contributed by atoms with E-state index in [1.807, 2.05) is 0 Å². The van der Waals surface area contributed by atoms with Crippen LogP contribution in [0.3, 0.4) is 0 Å². The summed E-state index contributed by atoms with van der Waals surface area (Å²) in [7, 11) is -5.79. The van der Waals surface area contributed by atoms with Crippen LogP contribution in [-0.4, -0.2) is 117 Å². The minimum absolute atomic E-state index is 0.0141. The third kappa shape index (κ3) is 5.98. The molecule has 6 rings (SSSR count). The highest BCUT2D eigenvalue weighted by molar-refractivity contribution is 7.52. The van der Waals surface area contributed by atoms with Crippen LogP contribution >= 0.6 is 18.9 Å². The molecule has 4 aliphatic rings. The topological polar surface area (TPSA) is 177 Å². The van der Waals surface area contributed by atoms with Crippen molar-refractivity contribution in [2.24, 2.45) is 5.92 Å². The van der Waals surface area contributed by atoms with Gasteiger partial charge >= 0.3 is 13.3 Å². The molecule has 3 fully saturated rings. The fourth-order valence-electron chi connectivity index (χ4n) is 6.40. The number of rotatable bonds is 6. The molecule has 46 heavy (non-hydrogen) atoms. The van der Waals surface area contributed by atoms with Gasteiger partial charge in [0, 0.05) is 42.9 Å². The zero-order chi connectivity index (χ0) is 33.0. The Labute approximate surface area is 265 Å². The largest absolute Gasteiger partial charge is 0.399 e. The minimum atomic E-state index is -5.79. The van der Waals surface area contributed by atoms with Crippen molar-refractivity contribution in [3.05, 3.63) is 46.9 Å². The molecule has 1 aromatic carbocycles. The number of aliphatic hydroxyl groups is 1. The molecule has 0 aliphatic carbocycles. The number of ether oxygens (including phenoxy) is 1. The molecular weight excluding hydrogens is 649 g/mol. The zero-order valence-corrected chi connectivity index (χ0v) is 26.2. The second-order valence-electron chi connectivity index (χ2n) is 11.9. The van der Waals surface area contributed by atoms with Crippen LogP contribution in [0, 0.1) is 5.92 Å². The molecule has 0 unspecified atom stereocenters. The molecule has 0 bridgehead atoms. The number of benzene rings is 1. The number of hydrogen-bond donors (Lipinski definition) is 4. The summed E-state index contributed by atoms with van der Waals surface area (Å²) in [5, 5.41) is 13.7. The SMILES string of the molecule is O=C(N[C@H]1C/C=C\C[C@@H]2[C@H](O)C[C@@H](C(=O)N3CC(C(=O)N4CCOCC4)C3)N2C1=O)c1cc2cc(C(F)(F)P(=O)(O)O)ccc2s1. The van der Waals surface area contributed by atoms with Crippen molar-refractivity contribution in [1.82, 2.24) is 20.0 Å². The van der Waals surface area contributed by atoms with Crippen molar-refractivity contribution in [2.75, 3.05) is 39.4 Å². The Morgan fingerprint density at radius 3 is 2.41 bits per heavy atom. The summed E-state index contributed by atoms with van der Waals surface area (Å²) < 4.78 is 45.5.